The quantitative estimate of drug-likeness (QED) is 0.145. The Morgan fingerprint density at radius 1 is 1.24 bits per heavy atom. The Labute approximate surface area is 303 Å². The van der Waals surface area contributed by atoms with Crippen LogP contribution in [0.25, 0.3) is 5.57 Å². The molecule has 9 nitrogen and oxygen atoms in total. The van der Waals surface area contributed by atoms with Gasteiger partial charge in [0.1, 0.15) is 0 Å². The summed E-state index contributed by atoms with van der Waals surface area (Å²) in [7, 11) is 8.34. The summed E-state index contributed by atoms with van der Waals surface area (Å²) < 4.78 is 42.5. The van der Waals surface area contributed by atoms with Gasteiger partial charge in [-0.2, -0.15) is 4.98 Å². The van der Waals surface area contributed by atoms with Crippen molar-refractivity contribution in [3.8, 4) is 18.2 Å². The summed E-state index contributed by atoms with van der Waals surface area (Å²) in [5.41, 5.74) is 3.60. The Kier molecular flexibility index (Phi) is 10.0. The van der Waals surface area contributed by atoms with E-state index in [-0.39, 0.29) is 57.5 Å². The number of fused-ring (bicyclic) bond motifs is 4. The van der Waals surface area contributed by atoms with Gasteiger partial charge in [-0.3, -0.25) is 0 Å². The van der Waals surface area contributed by atoms with Crippen LogP contribution in [-0.2, 0) is 14.8 Å². The van der Waals surface area contributed by atoms with E-state index in [2.05, 4.69) is 39.1 Å². The van der Waals surface area contributed by atoms with E-state index < -0.39 is 14.8 Å². The number of carbonyl (C=O) groups is 1. The molecule has 2 aromatic rings. The fraction of sp³-hybridized carbons (Fsp3) is 0.541. The van der Waals surface area contributed by atoms with Gasteiger partial charge in [0.2, 0.25) is 11.8 Å². The molecular formula is C37H47BN4O5P2S. The normalized spacial score (nSPS) is 24.2. The minimum absolute atomic E-state index is 0.0158. The number of hydrogen-bond donors (Lipinski definition) is 1. The first-order valence-corrected chi connectivity index (χ1v) is 19.9. The van der Waals surface area contributed by atoms with Crippen molar-refractivity contribution in [1.29, 1.82) is 0 Å². The minimum Gasteiger partial charge on any atom is -0.477 e. The second-order valence-electron chi connectivity index (χ2n) is 15.2. The first-order chi connectivity index (χ1) is 23.5. The number of likely N-dealkylation sites (tertiary alicyclic amines) is 1. The molecule has 4 bridgehead atoms. The molecule has 4 aliphatic rings. The van der Waals surface area contributed by atoms with Crippen molar-refractivity contribution < 1.29 is 22.7 Å². The first-order valence-electron chi connectivity index (χ1n) is 17.3. The maximum Gasteiger partial charge on any atom is 0.410 e. The van der Waals surface area contributed by atoms with Crippen molar-refractivity contribution in [2.45, 2.75) is 88.4 Å². The highest BCUT2D eigenvalue weighted by atomic mass is 32.2. The van der Waals surface area contributed by atoms with E-state index in [9.17, 15) is 13.2 Å². The van der Waals surface area contributed by atoms with Crippen LogP contribution >= 0.6 is 18.5 Å². The number of benzene rings is 1. The number of nitrogens with zero attached hydrogens (tertiary/aromatic N) is 3. The van der Waals surface area contributed by atoms with Gasteiger partial charge in [-0.05, 0) is 112 Å². The Balaban J connectivity index is 1.41. The van der Waals surface area contributed by atoms with Crippen LogP contribution in [-0.4, -0.2) is 67.8 Å². The van der Waals surface area contributed by atoms with Crippen LogP contribution in [0, 0.1) is 35.0 Å². The standard InChI is InChI=1S/C37H47BN4O5P2S/c1-7-23(5)31(24(6)8-2)29-15-30-40-33(39-29)41-50(44,45)28-11-9-10-25(14-28)32(27(19-46-30)18-36(12-13-36)37(38,48)49)26-16-35(17-26)20-42(21-35)34(43)47-22(3)4/h1,8-11,14-15,22,26-27,32H,12-13,16-21,48-49H2,2-6H3,(H,39,40,41)/b24-8-,31-23+. The number of ether oxygens (including phenoxy) is 2. The Morgan fingerprint density at radius 2 is 1.94 bits per heavy atom. The third-order valence-corrected chi connectivity index (χ3v) is 13.6. The molecule has 1 N–H and O–H groups in total. The Bertz CT molecular complexity index is 1880. The molecule has 1 spiro atoms. The molecule has 2 aliphatic carbocycles. The van der Waals surface area contributed by atoms with Gasteiger partial charge in [0, 0.05) is 41.6 Å². The molecular weight excluding hydrogens is 685 g/mol. The zero-order chi connectivity index (χ0) is 36.2. The second kappa shape index (κ2) is 13.6. The van der Waals surface area contributed by atoms with Crippen molar-refractivity contribution in [3.05, 3.63) is 58.8 Å². The largest absolute Gasteiger partial charge is 0.477 e. The van der Waals surface area contributed by atoms with Gasteiger partial charge in [-0.25, -0.2) is 22.9 Å². The molecule has 3 heterocycles. The maximum atomic E-state index is 13.9. The van der Waals surface area contributed by atoms with Crippen LogP contribution < -0.4 is 9.46 Å². The average Bonchev–Trinajstić information content (AvgIpc) is 3.80. The van der Waals surface area contributed by atoms with Crippen LogP contribution in [0.2, 0.25) is 0 Å². The number of aromatic nitrogens is 2. The lowest BCUT2D eigenvalue weighted by Crippen LogP contribution is -2.64. The molecule has 3 fully saturated rings. The molecule has 264 valence electrons. The monoisotopic (exact) mass is 732 g/mol. The molecule has 2 saturated carbocycles. The number of carbonyl (C=O) groups excluding carboxylic acids is 1. The molecule has 1 saturated heterocycles. The number of hydrogen-bond acceptors (Lipinski definition) is 7. The SMILES string of the molecule is [B]C(P)(P)C1(CC2COc3cc(C(/C(C)=C\C)=C(\C)C#C)nc(n3)NS(=O)(=O)c3cccc(c3)C2C2CC3(C2)CN(C(=O)OC(C)C)C3)CC1. The number of nitrogens with one attached hydrogen (secondary N) is 1. The van der Waals surface area contributed by atoms with Crippen molar-refractivity contribution in [1.82, 2.24) is 14.9 Å². The highest BCUT2D eigenvalue weighted by Gasteiger charge is 2.59. The van der Waals surface area contributed by atoms with Crippen molar-refractivity contribution in [2.24, 2.45) is 22.7 Å². The molecule has 13 heteroatoms. The predicted molar refractivity (Wildman–Crippen MR) is 204 cm³/mol. The molecule has 1 aromatic carbocycles. The molecule has 4 unspecified atom stereocenters. The predicted octanol–water partition coefficient (Wildman–Crippen LogP) is 6.74. The van der Waals surface area contributed by atoms with Crippen LogP contribution in [0.1, 0.15) is 83.9 Å². The lowest BCUT2D eigenvalue weighted by molar-refractivity contribution is -0.101. The van der Waals surface area contributed by atoms with Gasteiger partial charge in [0.05, 0.1) is 31.1 Å². The van der Waals surface area contributed by atoms with E-state index >= 15 is 0 Å². The molecule has 1 amide bonds. The first kappa shape index (κ1) is 36.9. The van der Waals surface area contributed by atoms with Crippen LogP contribution in [0.15, 0.2) is 52.4 Å². The average molecular weight is 733 g/mol. The highest BCUT2D eigenvalue weighted by molar-refractivity contribution is 7.92. The zero-order valence-corrected chi connectivity index (χ0v) is 32.7. The summed E-state index contributed by atoms with van der Waals surface area (Å²) in [6.45, 7) is 11.1. The number of anilines is 1. The van der Waals surface area contributed by atoms with Gasteiger partial charge in [0.25, 0.3) is 10.0 Å². The third-order valence-electron chi connectivity index (χ3n) is 11.1. The Morgan fingerprint density at radius 3 is 2.54 bits per heavy atom. The fourth-order valence-corrected chi connectivity index (χ4v) is 10.1. The van der Waals surface area contributed by atoms with E-state index in [4.69, 9.17) is 23.7 Å². The molecule has 6 rings (SSSR count). The fourth-order valence-electron chi connectivity index (χ4n) is 8.26. The van der Waals surface area contributed by atoms with E-state index in [1.165, 1.54) is 0 Å². The van der Waals surface area contributed by atoms with Gasteiger partial charge >= 0.3 is 6.09 Å². The zero-order valence-electron chi connectivity index (χ0n) is 29.5. The smallest absolute Gasteiger partial charge is 0.410 e. The summed E-state index contributed by atoms with van der Waals surface area (Å²) in [5, 5.41) is 0. The highest BCUT2D eigenvalue weighted by Crippen LogP contribution is 2.65. The third kappa shape index (κ3) is 7.23. The number of sulfonamides is 1. The van der Waals surface area contributed by atoms with Gasteiger partial charge < -0.3 is 14.4 Å². The van der Waals surface area contributed by atoms with Crippen molar-refractivity contribution >= 4 is 54.0 Å². The van der Waals surface area contributed by atoms with Crippen LogP contribution in [0.3, 0.4) is 0 Å². The van der Waals surface area contributed by atoms with Gasteiger partial charge in [-0.1, -0.05) is 24.1 Å². The summed E-state index contributed by atoms with van der Waals surface area (Å²) >= 11 is 0. The van der Waals surface area contributed by atoms with Gasteiger partial charge in [-0.15, -0.1) is 24.9 Å². The van der Waals surface area contributed by atoms with Crippen LogP contribution in [0.4, 0.5) is 10.7 Å². The molecule has 1 aromatic heterocycles. The number of terminal acetylenes is 1. The summed E-state index contributed by atoms with van der Waals surface area (Å²) in [6.07, 6.45) is 11.9. The molecule has 50 heavy (non-hydrogen) atoms. The summed E-state index contributed by atoms with van der Waals surface area (Å²) in [4.78, 5) is 23.1. The second-order valence-corrected chi connectivity index (χ2v) is 19.4. The molecule has 4 atom stereocenters. The number of rotatable bonds is 7. The van der Waals surface area contributed by atoms with E-state index in [0.717, 1.165) is 43.2 Å². The lowest BCUT2D eigenvalue weighted by Gasteiger charge is -2.61. The van der Waals surface area contributed by atoms with Crippen molar-refractivity contribution in [2.75, 3.05) is 24.4 Å². The molecule has 2 radical (unpaired) electrons. The van der Waals surface area contributed by atoms with Crippen molar-refractivity contribution in [3.63, 3.8) is 0 Å². The van der Waals surface area contributed by atoms with Gasteiger partial charge in [0.15, 0.2) is 0 Å². The number of amides is 1. The lowest BCUT2D eigenvalue weighted by atomic mass is 9.52. The minimum atomic E-state index is -4.07. The summed E-state index contributed by atoms with van der Waals surface area (Å²) in [5.74, 6) is 3.09. The van der Waals surface area contributed by atoms with Crippen LogP contribution in [0.5, 0.6) is 5.88 Å². The number of allylic oxidation sites excluding steroid dienone is 4. The van der Waals surface area contributed by atoms with E-state index in [1.807, 2.05) is 52.8 Å². The topological polar surface area (TPSA) is 111 Å². The van der Waals surface area contributed by atoms with E-state index in [0.29, 0.717) is 36.5 Å². The molecule has 2 aliphatic heterocycles. The van der Waals surface area contributed by atoms with E-state index in [1.54, 1.807) is 23.1 Å². The Hall–Kier alpha value is -2.92. The maximum absolute atomic E-state index is 13.9. The summed E-state index contributed by atoms with van der Waals surface area (Å²) in [6, 6.07) is 8.97.